The Balaban J connectivity index is 1.22. The first-order valence-electron chi connectivity index (χ1n) is 10.2. The number of methoxy groups -OCH3 is 1. The topological polar surface area (TPSA) is 44.8 Å². The Hall–Kier alpha value is -2.37. The molecule has 28 heavy (non-hydrogen) atoms. The molecule has 2 heterocycles. The van der Waals surface area contributed by atoms with E-state index >= 15 is 0 Å². The van der Waals surface area contributed by atoms with Crippen molar-refractivity contribution in [2.45, 2.75) is 25.3 Å². The molecule has 0 aromatic heterocycles. The fourth-order valence-corrected chi connectivity index (χ4v) is 4.33. The van der Waals surface area contributed by atoms with Crippen LogP contribution in [0.3, 0.4) is 0 Å². The number of hydrogen-bond donors (Lipinski definition) is 1. The van der Waals surface area contributed by atoms with Crippen molar-refractivity contribution in [1.82, 2.24) is 9.80 Å². The maximum atomic E-state index is 12.2. The number of carbonyl (C=O) groups excluding carboxylic acids is 1. The minimum Gasteiger partial charge on any atom is -0.496 e. The van der Waals surface area contributed by atoms with Crippen LogP contribution in [0.15, 0.2) is 48.5 Å². The van der Waals surface area contributed by atoms with Crippen molar-refractivity contribution < 1.29 is 9.53 Å². The lowest BCUT2D eigenvalue weighted by molar-refractivity contribution is -0.117. The number of piperazine rings is 1. The summed E-state index contributed by atoms with van der Waals surface area (Å²) in [5.41, 5.74) is 3.40. The van der Waals surface area contributed by atoms with Gasteiger partial charge in [0.1, 0.15) is 5.75 Å². The van der Waals surface area contributed by atoms with E-state index in [4.69, 9.17) is 4.74 Å². The van der Waals surface area contributed by atoms with Crippen LogP contribution in [0.1, 0.15) is 29.9 Å². The summed E-state index contributed by atoms with van der Waals surface area (Å²) in [6.45, 7) is 6.33. The van der Waals surface area contributed by atoms with Crippen LogP contribution < -0.4 is 10.1 Å². The van der Waals surface area contributed by atoms with Crippen LogP contribution in [0.25, 0.3) is 0 Å². The number of rotatable bonds is 7. The van der Waals surface area contributed by atoms with Crippen molar-refractivity contribution in [3.05, 3.63) is 59.7 Å². The molecule has 2 aliphatic rings. The number of carbonyl (C=O) groups is 1. The molecule has 148 valence electrons. The van der Waals surface area contributed by atoms with Gasteiger partial charge in [0, 0.05) is 44.0 Å². The Morgan fingerprint density at radius 1 is 1.00 bits per heavy atom. The lowest BCUT2D eigenvalue weighted by atomic mass is 9.95. The van der Waals surface area contributed by atoms with E-state index < -0.39 is 0 Å². The van der Waals surface area contributed by atoms with Crippen molar-refractivity contribution in [3.8, 4) is 5.75 Å². The zero-order chi connectivity index (χ0) is 19.3. The highest BCUT2D eigenvalue weighted by molar-refractivity contribution is 6.02. The summed E-state index contributed by atoms with van der Waals surface area (Å²) in [4.78, 5) is 17.3. The van der Waals surface area contributed by atoms with Crippen LogP contribution in [-0.4, -0.2) is 55.5 Å². The average Bonchev–Trinajstić information content (AvgIpc) is 3.05. The van der Waals surface area contributed by atoms with E-state index in [0.29, 0.717) is 0 Å². The molecule has 1 amide bonds. The number of nitrogens with zero attached hydrogens (tertiary/aromatic N) is 2. The van der Waals surface area contributed by atoms with Crippen LogP contribution in [0.4, 0.5) is 5.69 Å². The Labute approximate surface area is 167 Å². The second-order valence-electron chi connectivity index (χ2n) is 7.70. The maximum Gasteiger partial charge on any atom is 0.232 e. The molecule has 2 aromatic carbocycles. The van der Waals surface area contributed by atoms with E-state index in [1.54, 1.807) is 7.11 Å². The van der Waals surface area contributed by atoms with Crippen LogP contribution in [-0.2, 0) is 11.3 Å². The zero-order valence-electron chi connectivity index (χ0n) is 16.6. The highest BCUT2D eigenvalue weighted by Crippen LogP contribution is 2.35. The number of hydrogen-bond acceptors (Lipinski definition) is 4. The fourth-order valence-electron chi connectivity index (χ4n) is 4.33. The molecule has 1 fully saturated rings. The molecule has 2 aliphatic heterocycles. The van der Waals surface area contributed by atoms with E-state index in [-0.39, 0.29) is 11.8 Å². The summed E-state index contributed by atoms with van der Waals surface area (Å²) < 4.78 is 5.47. The zero-order valence-corrected chi connectivity index (χ0v) is 16.6. The highest BCUT2D eigenvalue weighted by Gasteiger charge is 2.29. The first-order chi connectivity index (χ1) is 13.7. The maximum absolute atomic E-state index is 12.2. The second kappa shape index (κ2) is 8.76. The molecule has 1 unspecified atom stereocenters. The van der Waals surface area contributed by atoms with Crippen LogP contribution in [0.5, 0.6) is 5.75 Å². The molecule has 0 spiro atoms. The Morgan fingerprint density at radius 2 is 1.71 bits per heavy atom. The third kappa shape index (κ3) is 4.21. The standard InChI is InChI=1S/C23H29N3O2/c1-28-22-11-5-2-7-18(22)17-26-15-13-25(14-16-26)12-6-9-20-19-8-3-4-10-21(19)24-23(20)27/h2-5,7-8,10-11,20H,6,9,12-17H2,1H3,(H,24,27). The van der Waals surface area contributed by atoms with Crippen molar-refractivity contribution in [1.29, 1.82) is 0 Å². The van der Waals surface area contributed by atoms with Gasteiger partial charge in [-0.2, -0.15) is 0 Å². The summed E-state index contributed by atoms with van der Waals surface area (Å²) in [6, 6.07) is 16.3. The van der Waals surface area contributed by atoms with Gasteiger partial charge in [-0.1, -0.05) is 36.4 Å². The van der Waals surface area contributed by atoms with Gasteiger partial charge < -0.3 is 15.0 Å². The largest absolute Gasteiger partial charge is 0.496 e. The smallest absolute Gasteiger partial charge is 0.232 e. The molecule has 2 aromatic rings. The van der Waals surface area contributed by atoms with Gasteiger partial charge in [-0.25, -0.2) is 0 Å². The van der Waals surface area contributed by atoms with Crippen molar-refractivity contribution in [2.24, 2.45) is 0 Å². The van der Waals surface area contributed by atoms with Crippen LogP contribution >= 0.6 is 0 Å². The molecule has 5 nitrogen and oxygen atoms in total. The third-order valence-electron chi connectivity index (χ3n) is 5.93. The number of fused-ring (bicyclic) bond motifs is 1. The van der Waals surface area contributed by atoms with E-state index in [1.807, 2.05) is 30.3 Å². The van der Waals surface area contributed by atoms with E-state index in [2.05, 4.69) is 33.3 Å². The predicted octanol–water partition coefficient (Wildman–Crippen LogP) is 3.33. The summed E-state index contributed by atoms with van der Waals surface area (Å²) in [6.07, 6.45) is 1.98. The average molecular weight is 380 g/mol. The molecule has 0 radical (unpaired) electrons. The van der Waals surface area contributed by atoms with E-state index in [0.717, 1.165) is 69.1 Å². The quantitative estimate of drug-likeness (QED) is 0.802. The molecular formula is C23H29N3O2. The lowest BCUT2D eigenvalue weighted by Crippen LogP contribution is -2.46. The van der Waals surface area contributed by atoms with Gasteiger partial charge in [-0.05, 0) is 37.1 Å². The number of para-hydroxylation sites is 2. The van der Waals surface area contributed by atoms with Gasteiger partial charge in [0.2, 0.25) is 5.91 Å². The molecule has 1 N–H and O–H groups in total. The first kappa shape index (κ1) is 19.0. The Bertz CT molecular complexity index is 815. The SMILES string of the molecule is COc1ccccc1CN1CCN(CCCC2C(=O)Nc3ccccc32)CC1. The molecule has 5 heteroatoms. The van der Waals surface area contributed by atoms with Gasteiger partial charge in [-0.3, -0.25) is 9.69 Å². The number of anilines is 1. The van der Waals surface area contributed by atoms with Crippen molar-refractivity contribution >= 4 is 11.6 Å². The lowest BCUT2D eigenvalue weighted by Gasteiger charge is -2.35. The third-order valence-corrected chi connectivity index (χ3v) is 5.93. The molecule has 0 bridgehead atoms. The van der Waals surface area contributed by atoms with Gasteiger partial charge in [-0.15, -0.1) is 0 Å². The summed E-state index contributed by atoms with van der Waals surface area (Å²) in [7, 11) is 1.74. The molecule has 0 aliphatic carbocycles. The molecule has 1 atom stereocenters. The number of amides is 1. The molecular weight excluding hydrogens is 350 g/mol. The molecule has 0 saturated carbocycles. The highest BCUT2D eigenvalue weighted by atomic mass is 16.5. The van der Waals surface area contributed by atoms with Crippen molar-refractivity contribution in [3.63, 3.8) is 0 Å². The monoisotopic (exact) mass is 379 g/mol. The minimum atomic E-state index is 0.0167. The number of benzene rings is 2. The van der Waals surface area contributed by atoms with Gasteiger partial charge >= 0.3 is 0 Å². The Morgan fingerprint density at radius 3 is 2.54 bits per heavy atom. The molecule has 1 saturated heterocycles. The minimum absolute atomic E-state index is 0.0167. The summed E-state index contributed by atoms with van der Waals surface area (Å²) in [5.74, 6) is 1.14. The first-order valence-corrected chi connectivity index (χ1v) is 10.2. The summed E-state index contributed by atoms with van der Waals surface area (Å²) >= 11 is 0. The van der Waals surface area contributed by atoms with Gasteiger partial charge in [0.25, 0.3) is 0 Å². The van der Waals surface area contributed by atoms with E-state index in [9.17, 15) is 4.79 Å². The number of ether oxygens (including phenoxy) is 1. The fraction of sp³-hybridized carbons (Fsp3) is 0.435. The van der Waals surface area contributed by atoms with Gasteiger partial charge in [0.05, 0.1) is 13.0 Å². The normalized spacial score (nSPS) is 20.0. The molecule has 4 rings (SSSR count). The predicted molar refractivity (Wildman–Crippen MR) is 112 cm³/mol. The summed E-state index contributed by atoms with van der Waals surface area (Å²) in [5, 5.41) is 3.00. The van der Waals surface area contributed by atoms with Crippen LogP contribution in [0.2, 0.25) is 0 Å². The number of nitrogens with one attached hydrogen (secondary N) is 1. The van der Waals surface area contributed by atoms with Crippen molar-refractivity contribution in [2.75, 3.05) is 45.2 Å². The second-order valence-corrected chi connectivity index (χ2v) is 7.70. The van der Waals surface area contributed by atoms with Crippen LogP contribution in [0, 0.1) is 0 Å². The Kier molecular flexibility index (Phi) is 5.93. The van der Waals surface area contributed by atoms with Gasteiger partial charge in [0.15, 0.2) is 0 Å². The van der Waals surface area contributed by atoms with E-state index in [1.165, 1.54) is 5.56 Å².